The predicted octanol–water partition coefficient (Wildman–Crippen LogP) is 6.69. The molecule has 0 spiro atoms. The zero-order valence-corrected chi connectivity index (χ0v) is 19.0. The molecule has 162 valence electrons. The van der Waals surface area contributed by atoms with Crippen LogP contribution in [-0.4, -0.2) is 12.5 Å². The first kappa shape index (κ1) is 22.7. The van der Waals surface area contributed by atoms with Gasteiger partial charge in [-0.1, -0.05) is 55.8 Å². The Kier molecular flexibility index (Phi) is 7.96. The lowest BCUT2D eigenvalue weighted by Gasteiger charge is -2.16. The van der Waals surface area contributed by atoms with Gasteiger partial charge in [0.1, 0.15) is 18.1 Å². The summed E-state index contributed by atoms with van der Waals surface area (Å²) in [6.45, 7) is 6.87. The maximum Gasteiger partial charge on any atom is 0.255 e. The van der Waals surface area contributed by atoms with Crippen molar-refractivity contribution in [2.75, 3.05) is 11.9 Å². The number of hydrogen-bond acceptors (Lipinski definition) is 3. The minimum Gasteiger partial charge on any atom is -0.493 e. The lowest BCUT2D eigenvalue weighted by atomic mass is 10.0. The molecule has 3 aromatic carbocycles. The Morgan fingerprint density at radius 3 is 2.19 bits per heavy atom. The normalized spacial score (nSPS) is 10.6. The molecule has 3 rings (SSSR count). The lowest BCUT2D eigenvalue weighted by molar-refractivity contribution is 0.102. The summed E-state index contributed by atoms with van der Waals surface area (Å²) in [6, 6.07) is 18.9. The second-order valence-electron chi connectivity index (χ2n) is 7.09. The first-order valence-corrected chi connectivity index (χ1v) is 11.0. The van der Waals surface area contributed by atoms with Gasteiger partial charge in [0.25, 0.3) is 5.91 Å². The third-order valence-corrected chi connectivity index (χ3v) is 5.39. The molecule has 0 unspecified atom stereocenters. The van der Waals surface area contributed by atoms with Gasteiger partial charge >= 0.3 is 0 Å². The maximum atomic E-state index is 13.1. The number of rotatable bonds is 9. The van der Waals surface area contributed by atoms with E-state index in [0.717, 1.165) is 35.2 Å². The number of nitrogens with one attached hydrogen (secondary N) is 1. The number of benzene rings is 3. The van der Waals surface area contributed by atoms with Crippen LogP contribution in [0.15, 0.2) is 60.7 Å². The van der Waals surface area contributed by atoms with Crippen LogP contribution in [0.5, 0.6) is 11.5 Å². The number of carbonyl (C=O) groups is 1. The summed E-state index contributed by atoms with van der Waals surface area (Å²) < 4.78 is 11.6. The van der Waals surface area contributed by atoms with Crippen molar-refractivity contribution in [2.24, 2.45) is 0 Å². The summed E-state index contributed by atoms with van der Waals surface area (Å²) in [4.78, 5) is 13.1. The maximum absolute atomic E-state index is 13.1. The second kappa shape index (κ2) is 10.9. The predicted molar refractivity (Wildman–Crippen MR) is 127 cm³/mol. The summed E-state index contributed by atoms with van der Waals surface area (Å²) in [5.41, 5.74) is 4.49. The molecule has 0 atom stereocenters. The average molecular weight is 438 g/mol. The van der Waals surface area contributed by atoms with Crippen LogP contribution in [-0.2, 0) is 19.4 Å². The smallest absolute Gasteiger partial charge is 0.255 e. The van der Waals surface area contributed by atoms with Crippen LogP contribution in [0, 0.1) is 0 Å². The fourth-order valence-electron chi connectivity index (χ4n) is 3.44. The molecule has 0 saturated carbocycles. The first-order valence-electron chi connectivity index (χ1n) is 10.6. The summed E-state index contributed by atoms with van der Waals surface area (Å²) in [6.07, 6.45) is 1.70. The number of hydrogen-bond donors (Lipinski definition) is 1. The summed E-state index contributed by atoms with van der Waals surface area (Å²) in [5.74, 6) is 1.12. The SMILES string of the molecule is CCOc1ccc(C(=O)Nc2c(CC)cccc2CC)cc1COc1ccccc1Cl. The Hall–Kier alpha value is -2.98. The van der Waals surface area contributed by atoms with Crippen LogP contribution in [0.3, 0.4) is 0 Å². The fourth-order valence-corrected chi connectivity index (χ4v) is 3.63. The van der Waals surface area contributed by atoms with Crippen LogP contribution >= 0.6 is 11.6 Å². The van der Waals surface area contributed by atoms with Gasteiger partial charge in [0.05, 0.1) is 11.6 Å². The Morgan fingerprint density at radius 1 is 0.839 bits per heavy atom. The van der Waals surface area contributed by atoms with Gasteiger partial charge in [0, 0.05) is 16.8 Å². The molecule has 31 heavy (non-hydrogen) atoms. The average Bonchev–Trinajstić information content (AvgIpc) is 2.79. The third-order valence-electron chi connectivity index (χ3n) is 5.08. The second-order valence-corrected chi connectivity index (χ2v) is 7.49. The van der Waals surface area contributed by atoms with Gasteiger partial charge in [0.2, 0.25) is 0 Å². The highest BCUT2D eigenvalue weighted by Gasteiger charge is 2.15. The zero-order chi connectivity index (χ0) is 22.2. The van der Waals surface area contributed by atoms with E-state index in [0.29, 0.717) is 28.7 Å². The van der Waals surface area contributed by atoms with Crippen molar-refractivity contribution in [3.05, 3.63) is 87.9 Å². The van der Waals surface area contributed by atoms with Crippen LogP contribution in [0.4, 0.5) is 5.69 Å². The van der Waals surface area contributed by atoms with Gasteiger partial charge in [-0.15, -0.1) is 0 Å². The van der Waals surface area contributed by atoms with Gasteiger partial charge in [-0.3, -0.25) is 4.79 Å². The van der Waals surface area contributed by atoms with E-state index in [1.807, 2.05) is 43.3 Å². The minimum atomic E-state index is -0.155. The topological polar surface area (TPSA) is 47.6 Å². The molecule has 0 aliphatic carbocycles. The van der Waals surface area contributed by atoms with Crippen LogP contribution in [0.2, 0.25) is 5.02 Å². The molecule has 0 heterocycles. The van der Waals surface area contributed by atoms with Gasteiger partial charge in [-0.2, -0.15) is 0 Å². The molecule has 0 radical (unpaired) electrons. The molecule has 4 nitrogen and oxygen atoms in total. The van der Waals surface area contributed by atoms with E-state index < -0.39 is 0 Å². The Morgan fingerprint density at radius 2 is 1.55 bits per heavy atom. The van der Waals surface area contributed by atoms with Gasteiger partial charge in [-0.25, -0.2) is 0 Å². The number of amides is 1. The monoisotopic (exact) mass is 437 g/mol. The van der Waals surface area contributed by atoms with Gasteiger partial charge in [-0.05, 0) is 61.2 Å². The molecule has 0 aromatic heterocycles. The number of halogens is 1. The highest BCUT2D eigenvalue weighted by atomic mass is 35.5. The van der Waals surface area contributed by atoms with Gasteiger partial charge < -0.3 is 14.8 Å². The molecule has 0 bridgehead atoms. The summed E-state index contributed by atoms with van der Waals surface area (Å²) in [5, 5.41) is 3.66. The number of para-hydroxylation sites is 2. The van der Waals surface area contributed by atoms with Crippen molar-refractivity contribution in [1.82, 2.24) is 0 Å². The van der Waals surface area contributed by atoms with E-state index in [9.17, 15) is 4.79 Å². The molecule has 5 heteroatoms. The van der Waals surface area contributed by atoms with Crippen molar-refractivity contribution in [3.8, 4) is 11.5 Å². The van der Waals surface area contributed by atoms with Crippen molar-refractivity contribution in [3.63, 3.8) is 0 Å². The third kappa shape index (κ3) is 5.59. The number of aryl methyl sites for hydroxylation is 2. The van der Waals surface area contributed by atoms with Crippen molar-refractivity contribution < 1.29 is 14.3 Å². The molecule has 0 fully saturated rings. The fraction of sp³-hybridized carbons (Fsp3) is 0.269. The molecular formula is C26H28ClNO3. The zero-order valence-electron chi connectivity index (χ0n) is 18.2. The summed E-state index contributed by atoms with van der Waals surface area (Å²) in [7, 11) is 0. The van der Waals surface area contributed by atoms with E-state index in [1.165, 1.54) is 0 Å². The first-order chi connectivity index (χ1) is 15.1. The Bertz CT molecular complexity index is 1030. The quantitative estimate of drug-likeness (QED) is 0.405. The number of anilines is 1. The number of carbonyl (C=O) groups excluding carboxylic acids is 1. The van der Waals surface area contributed by atoms with E-state index in [4.69, 9.17) is 21.1 Å². The molecule has 0 aliphatic heterocycles. The van der Waals surface area contributed by atoms with E-state index in [1.54, 1.807) is 12.1 Å². The highest BCUT2D eigenvalue weighted by molar-refractivity contribution is 6.32. The van der Waals surface area contributed by atoms with Crippen molar-refractivity contribution >= 4 is 23.2 Å². The standard InChI is InChI=1S/C26H28ClNO3/c1-4-18-10-9-11-19(5-2)25(18)28-26(29)20-14-15-23(30-6-3)21(16-20)17-31-24-13-8-7-12-22(24)27/h7-16H,4-6,17H2,1-3H3,(H,28,29). The van der Waals surface area contributed by atoms with Crippen LogP contribution in [0.1, 0.15) is 47.8 Å². The highest BCUT2D eigenvalue weighted by Crippen LogP contribution is 2.28. The van der Waals surface area contributed by atoms with Crippen molar-refractivity contribution in [2.45, 2.75) is 40.2 Å². The van der Waals surface area contributed by atoms with E-state index in [2.05, 4.69) is 31.3 Å². The molecule has 0 aliphatic rings. The van der Waals surface area contributed by atoms with E-state index >= 15 is 0 Å². The van der Waals surface area contributed by atoms with Crippen molar-refractivity contribution in [1.29, 1.82) is 0 Å². The summed E-state index contributed by atoms with van der Waals surface area (Å²) >= 11 is 6.20. The molecular weight excluding hydrogens is 410 g/mol. The Balaban J connectivity index is 1.86. The number of ether oxygens (including phenoxy) is 2. The largest absolute Gasteiger partial charge is 0.493 e. The van der Waals surface area contributed by atoms with Gasteiger partial charge in [0.15, 0.2) is 0 Å². The molecule has 1 amide bonds. The Labute approximate surface area is 189 Å². The molecule has 0 saturated heterocycles. The van der Waals surface area contributed by atoms with Crippen LogP contribution in [0.25, 0.3) is 0 Å². The lowest BCUT2D eigenvalue weighted by Crippen LogP contribution is -2.15. The van der Waals surface area contributed by atoms with Crippen LogP contribution < -0.4 is 14.8 Å². The molecule has 1 N–H and O–H groups in total. The van der Waals surface area contributed by atoms with E-state index in [-0.39, 0.29) is 12.5 Å². The molecule has 3 aromatic rings. The minimum absolute atomic E-state index is 0.155.